The molecule has 2 aliphatic rings. The maximum Gasteiger partial charge on any atom is 0.0619 e. The quantitative estimate of drug-likeness (QED) is 0.233. The van der Waals surface area contributed by atoms with Gasteiger partial charge in [0.05, 0.1) is 11.2 Å². The molecule has 1 nitrogen and oxygen atoms in total. The summed E-state index contributed by atoms with van der Waals surface area (Å²) in [6.07, 6.45) is 0. The summed E-state index contributed by atoms with van der Waals surface area (Å²) < 4.78 is 2.47. The zero-order valence-electron chi connectivity index (χ0n) is 21.7. The minimum Gasteiger partial charge on any atom is -0.309 e. The molecule has 1 aliphatic heterocycles. The third-order valence-electron chi connectivity index (χ3n) is 7.77. The molecule has 5 aromatic carbocycles. The van der Waals surface area contributed by atoms with Gasteiger partial charge in [-0.2, -0.15) is 0 Å². The second-order valence-electron chi connectivity index (χ2n) is 10.4. The zero-order chi connectivity index (χ0) is 25.6. The van der Waals surface area contributed by atoms with Crippen LogP contribution in [0.1, 0.15) is 25.3 Å². The molecule has 1 heteroatoms. The molecule has 7 rings (SSSR count). The van der Waals surface area contributed by atoms with E-state index in [2.05, 4.69) is 152 Å². The fourth-order valence-electron chi connectivity index (χ4n) is 5.99. The summed E-state index contributed by atoms with van der Waals surface area (Å²) in [6.45, 7) is 4.50. The van der Waals surface area contributed by atoms with Gasteiger partial charge in [0, 0.05) is 22.2 Å². The Morgan fingerprint density at radius 1 is 0.447 bits per heavy atom. The van der Waals surface area contributed by atoms with Gasteiger partial charge in [-0.1, -0.05) is 129 Å². The summed E-state index contributed by atoms with van der Waals surface area (Å²) in [4.78, 5) is 0. The molecule has 0 fully saturated rings. The predicted molar refractivity (Wildman–Crippen MR) is 162 cm³/mol. The van der Waals surface area contributed by atoms with Crippen molar-refractivity contribution in [1.29, 1.82) is 0 Å². The lowest BCUT2D eigenvalue weighted by Crippen LogP contribution is -2.06. The van der Waals surface area contributed by atoms with E-state index in [0.29, 0.717) is 5.92 Å². The minimum absolute atomic E-state index is 0.495. The van der Waals surface area contributed by atoms with Gasteiger partial charge in [0.15, 0.2) is 0 Å². The summed E-state index contributed by atoms with van der Waals surface area (Å²) in [5.41, 5.74) is 11.4. The van der Waals surface area contributed by atoms with Crippen molar-refractivity contribution >= 4 is 21.7 Å². The molecule has 0 saturated carbocycles. The largest absolute Gasteiger partial charge is 0.309 e. The van der Waals surface area contributed by atoms with Crippen LogP contribution >= 0.6 is 0 Å². The summed E-state index contributed by atoms with van der Waals surface area (Å²) in [5, 5.41) is 3.85. The number of aromatic nitrogens is 1. The van der Waals surface area contributed by atoms with Crippen LogP contribution in [0.4, 0.5) is 0 Å². The Hall–Kier alpha value is -4.62. The molecule has 0 amide bonds. The first kappa shape index (κ1) is 22.6. The van der Waals surface area contributed by atoms with Crippen LogP contribution < -0.4 is 0 Å². The van der Waals surface area contributed by atoms with Crippen LogP contribution in [0.25, 0.3) is 60.9 Å². The highest BCUT2D eigenvalue weighted by Crippen LogP contribution is 2.52. The maximum absolute atomic E-state index is 2.47. The zero-order valence-corrected chi connectivity index (χ0v) is 21.7. The normalized spacial score (nSPS) is 11.7. The number of para-hydroxylation sites is 1. The SMILES string of the molecule is CC(C)c1ccc(-n2c(-c3ccccc3)c3c4ccccc4c(-c4ccccc4)c-3c3ccccc32)cc1. The van der Waals surface area contributed by atoms with E-state index in [1.807, 2.05) is 0 Å². The average Bonchev–Trinajstić information content (AvgIpc) is 3.33. The minimum atomic E-state index is 0.495. The Bertz CT molecular complexity index is 1860. The summed E-state index contributed by atoms with van der Waals surface area (Å²) >= 11 is 0. The van der Waals surface area contributed by atoms with Gasteiger partial charge in [0.1, 0.15) is 0 Å². The standard InChI is InChI=1S/C37H29N/c1-25(2)26-21-23-29(24-22-26)38-33-20-12-11-19-32(33)35-34(27-13-5-3-6-14-27)30-17-9-10-18-31(30)36(35)37(38)28-15-7-4-8-16-28/h3-25H,1-2H3. The van der Waals surface area contributed by atoms with Gasteiger partial charge in [-0.3, -0.25) is 0 Å². The highest BCUT2D eigenvalue weighted by Gasteiger charge is 2.28. The summed E-state index contributed by atoms with van der Waals surface area (Å²) in [7, 11) is 0. The number of pyridine rings is 1. The van der Waals surface area contributed by atoms with Crippen molar-refractivity contribution in [3.8, 4) is 39.2 Å². The Balaban J connectivity index is 1.72. The number of hydrogen-bond acceptors (Lipinski definition) is 0. The Kier molecular flexibility index (Phi) is 5.37. The predicted octanol–water partition coefficient (Wildman–Crippen LogP) is 10.3. The molecule has 0 radical (unpaired) electrons. The van der Waals surface area contributed by atoms with Crippen LogP contribution in [0.5, 0.6) is 0 Å². The first-order valence-corrected chi connectivity index (χ1v) is 13.4. The molecule has 0 N–H and O–H groups in total. The van der Waals surface area contributed by atoms with E-state index in [1.54, 1.807) is 0 Å². The fourth-order valence-corrected chi connectivity index (χ4v) is 5.99. The molecule has 1 heterocycles. The van der Waals surface area contributed by atoms with Crippen molar-refractivity contribution in [2.75, 3.05) is 0 Å². The van der Waals surface area contributed by atoms with E-state index < -0.39 is 0 Å². The Labute approximate surface area is 224 Å². The van der Waals surface area contributed by atoms with Crippen LogP contribution in [0.3, 0.4) is 0 Å². The van der Waals surface area contributed by atoms with Crippen molar-refractivity contribution in [1.82, 2.24) is 4.57 Å². The van der Waals surface area contributed by atoms with Crippen molar-refractivity contribution in [2.45, 2.75) is 19.8 Å². The molecule has 0 bridgehead atoms. The first-order chi connectivity index (χ1) is 18.7. The highest BCUT2D eigenvalue weighted by atomic mass is 15.0. The van der Waals surface area contributed by atoms with Gasteiger partial charge >= 0.3 is 0 Å². The second-order valence-corrected chi connectivity index (χ2v) is 10.4. The maximum atomic E-state index is 2.47. The van der Waals surface area contributed by atoms with Gasteiger partial charge in [-0.05, 0) is 57.1 Å². The Morgan fingerprint density at radius 2 is 0.974 bits per heavy atom. The van der Waals surface area contributed by atoms with E-state index in [-0.39, 0.29) is 0 Å². The number of benzene rings is 5. The number of hydrogen-bond donors (Lipinski definition) is 0. The smallest absolute Gasteiger partial charge is 0.0619 e. The van der Waals surface area contributed by atoms with E-state index in [4.69, 9.17) is 0 Å². The third kappa shape index (κ3) is 3.47. The van der Waals surface area contributed by atoms with Gasteiger partial charge < -0.3 is 4.57 Å². The van der Waals surface area contributed by atoms with Crippen molar-refractivity contribution in [2.24, 2.45) is 0 Å². The molecule has 5 aromatic rings. The summed E-state index contributed by atoms with van der Waals surface area (Å²) in [6, 6.07) is 48.6. The van der Waals surface area contributed by atoms with Gasteiger partial charge in [-0.15, -0.1) is 0 Å². The van der Waals surface area contributed by atoms with Crippen LogP contribution in [-0.4, -0.2) is 4.57 Å². The lowest BCUT2D eigenvalue weighted by Gasteiger charge is -2.24. The monoisotopic (exact) mass is 487 g/mol. The molecule has 0 spiro atoms. The molecule has 0 aromatic heterocycles. The van der Waals surface area contributed by atoms with Crippen LogP contribution in [0, 0.1) is 0 Å². The lowest BCUT2D eigenvalue weighted by atomic mass is 9.91. The lowest BCUT2D eigenvalue weighted by molar-refractivity contribution is 0.865. The van der Waals surface area contributed by atoms with E-state index >= 15 is 0 Å². The average molecular weight is 488 g/mol. The molecule has 182 valence electrons. The van der Waals surface area contributed by atoms with E-state index in [1.165, 1.54) is 66.4 Å². The second kappa shape index (κ2) is 9.04. The fraction of sp³-hybridized carbons (Fsp3) is 0.0811. The van der Waals surface area contributed by atoms with Gasteiger partial charge in [0.25, 0.3) is 0 Å². The Morgan fingerprint density at radius 3 is 1.61 bits per heavy atom. The van der Waals surface area contributed by atoms with Crippen molar-refractivity contribution in [3.63, 3.8) is 0 Å². The number of nitrogens with zero attached hydrogens (tertiary/aromatic N) is 1. The third-order valence-corrected chi connectivity index (χ3v) is 7.77. The van der Waals surface area contributed by atoms with Crippen LogP contribution in [0.15, 0.2) is 133 Å². The van der Waals surface area contributed by atoms with E-state index in [0.717, 1.165) is 0 Å². The topological polar surface area (TPSA) is 4.93 Å². The molecule has 1 aliphatic carbocycles. The van der Waals surface area contributed by atoms with Crippen LogP contribution in [-0.2, 0) is 0 Å². The number of fused-ring (bicyclic) bond motifs is 5. The van der Waals surface area contributed by atoms with Gasteiger partial charge in [-0.25, -0.2) is 0 Å². The number of rotatable bonds is 4. The van der Waals surface area contributed by atoms with E-state index in [9.17, 15) is 0 Å². The summed E-state index contributed by atoms with van der Waals surface area (Å²) in [5.74, 6) is 0.495. The molecule has 0 atom stereocenters. The van der Waals surface area contributed by atoms with Crippen molar-refractivity contribution < 1.29 is 0 Å². The molecular weight excluding hydrogens is 458 g/mol. The van der Waals surface area contributed by atoms with Gasteiger partial charge in [0.2, 0.25) is 0 Å². The molecule has 0 unspecified atom stereocenters. The first-order valence-electron chi connectivity index (χ1n) is 13.4. The van der Waals surface area contributed by atoms with Crippen LogP contribution in [0.2, 0.25) is 0 Å². The highest BCUT2D eigenvalue weighted by molar-refractivity contribution is 6.24. The van der Waals surface area contributed by atoms with Crippen molar-refractivity contribution in [3.05, 3.63) is 139 Å². The molecular formula is C37H29N. The molecule has 38 heavy (non-hydrogen) atoms. The molecule has 0 saturated heterocycles.